The van der Waals surface area contributed by atoms with Crippen molar-refractivity contribution >= 4 is 29.7 Å². The lowest BCUT2D eigenvalue weighted by atomic mass is 10.2. The van der Waals surface area contributed by atoms with Gasteiger partial charge >= 0.3 is 5.97 Å². The molecule has 0 spiro atoms. The van der Waals surface area contributed by atoms with Crippen LogP contribution in [0, 0.1) is 0 Å². The molecule has 1 atom stereocenters. The van der Waals surface area contributed by atoms with Gasteiger partial charge in [-0.1, -0.05) is 30.3 Å². The predicted octanol–water partition coefficient (Wildman–Crippen LogP) is 3.90. The molecule has 2 aromatic carbocycles. The molecule has 0 aliphatic carbocycles. The topological polar surface area (TPSA) is 64.6 Å². The summed E-state index contributed by atoms with van der Waals surface area (Å²) in [6.45, 7) is 0. The van der Waals surface area contributed by atoms with Crippen LogP contribution < -0.4 is 10.1 Å². The van der Waals surface area contributed by atoms with E-state index in [9.17, 15) is 9.59 Å². The van der Waals surface area contributed by atoms with E-state index in [1.165, 1.54) is 13.2 Å². The molecule has 27 heavy (non-hydrogen) atoms. The van der Waals surface area contributed by atoms with Crippen molar-refractivity contribution in [2.24, 2.45) is 0 Å². The molecule has 0 aliphatic heterocycles. The van der Waals surface area contributed by atoms with Gasteiger partial charge in [-0.2, -0.15) is 11.8 Å². The number of esters is 1. The number of nitrogens with one attached hydrogen (secondary N) is 1. The van der Waals surface area contributed by atoms with Gasteiger partial charge in [0, 0.05) is 6.08 Å². The van der Waals surface area contributed by atoms with E-state index in [0.717, 1.165) is 17.1 Å². The van der Waals surface area contributed by atoms with Gasteiger partial charge in [-0.05, 0) is 54.3 Å². The standard InChI is InChI=1S/C21H23NO4S/c1-25-21(24)19(13-14-27-2)22-20(23)12-11-16-7-6-10-18(15-16)26-17-8-4-3-5-9-17/h3-12,15,19H,13-14H2,1-2H3,(H,22,23)/b12-11+/t19-/m1/s1. The molecular formula is C21H23NO4S. The highest BCUT2D eigenvalue weighted by molar-refractivity contribution is 7.98. The molecule has 2 aromatic rings. The third-order valence-corrected chi connectivity index (χ3v) is 4.32. The lowest BCUT2D eigenvalue weighted by Crippen LogP contribution is -2.41. The van der Waals surface area contributed by atoms with E-state index in [0.29, 0.717) is 12.2 Å². The minimum absolute atomic E-state index is 0.346. The number of hydrogen-bond acceptors (Lipinski definition) is 5. The molecule has 0 aromatic heterocycles. The maximum absolute atomic E-state index is 12.1. The number of para-hydroxylation sites is 1. The van der Waals surface area contributed by atoms with Gasteiger partial charge in [0.15, 0.2) is 0 Å². The second kappa shape index (κ2) is 11.1. The summed E-state index contributed by atoms with van der Waals surface area (Å²) < 4.78 is 10.5. The Morgan fingerprint density at radius 2 is 1.85 bits per heavy atom. The van der Waals surface area contributed by atoms with Gasteiger partial charge in [0.2, 0.25) is 5.91 Å². The molecular weight excluding hydrogens is 362 g/mol. The van der Waals surface area contributed by atoms with Crippen molar-refractivity contribution < 1.29 is 19.1 Å². The minimum Gasteiger partial charge on any atom is -0.467 e. The van der Waals surface area contributed by atoms with Gasteiger partial charge in [-0.25, -0.2) is 4.79 Å². The lowest BCUT2D eigenvalue weighted by Gasteiger charge is -2.14. The summed E-state index contributed by atoms with van der Waals surface area (Å²) in [5.41, 5.74) is 0.817. The number of amides is 1. The Morgan fingerprint density at radius 1 is 1.11 bits per heavy atom. The number of hydrogen-bond donors (Lipinski definition) is 1. The van der Waals surface area contributed by atoms with Gasteiger partial charge in [0.1, 0.15) is 17.5 Å². The van der Waals surface area contributed by atoms with Gasteiger partial charge in [-0.15, -0.1) is 0 Å². The number of rotatable bonds is 9. The minimum atomic E-state index is -0.646. The molecule has 1 N–H and O–H groups in total. The molecule has 6 heteroatoms. The van der Waals surface area contributed by atoms with Crippen LogP contribution in [0.4, 0.5) is 0 Å². The van der Waals surface area contributed by atoms with E-state index in [1.54, 1.807) is 17.8 Å². The molecule has 1 amide bonds. The van der Waals surface area contributed by atoms with Crippen molar-refractivity contribution in [1.82, 2.24) is 5.32 Å². The Balaban J connectivity index is 1.98. The Morgan fingerprint density at radius 3 is 2.56 bits per heavy atom. The number of methoxy groups -OCH3 is 1. The largest absolute Gasteiger partial charge is 0.467 e. The zero-order chi connectivity index (χ0) is 19.5. The summed E-state index contributed by atoms with van der Waals surface area (Å²) in [5, 5.41) is 2.68. The van der Waals surface area contributed by atoms with Crippen molar-refractivity contribution in [3.05, 3.63) is 66.2 Å². The number of thioether (sulfide) groups is 1. The number of ether oxygens (including phenoxy) is 2. The SMILES string of the molecule is COC(=O)[C@@H](CCSC)NC(=O)/C=C/c1cccc(Oc2ccccc2)c1. The van der Waals surface area contributed by atoms with E-state index in [1.807, 2.05) is 60.9 Å². The number of benzene rings is 2. The maximum Gasteiger partial charge on any atom is 0.328 e. The average Bonchev–Trinajstić information content (AvgIpc) is 2.70. The van der Waals surface area contributed by atoms with E-state index in [2.05, 4.69) is 5.32 Å². The van der Waals surface area contributed by atoms with Crippen LogP contribution in [0.1, 0.15) is 12.0 Å². The molecule has 0 saturated carbocycles. The highest BCUT2D eigenvalue weighted by Gasteiger charge is 2.19. The second-order valence-electron chi connectivity index (χ2n) is 5.69. The third kappa shape index (κ3) is 7.19. The quantitative estimate of drug-likeness (QED) is 0.524. The Hall–Kier alpha value is -2.73. The van der Waals surface area contributed by atoms with Gasteiger partial charge in [-0.3, -0.25) is 4.79 Å². The summed E-state index contributed by atoms with van der Waals surface area (Å²) >= 11 is 1.61. The first-order valence-corrected chi connectivity index (χ1v) is 9.90. The molecule has 0 heterocycles. The highest BCUT2D eigenvalue weighted by Crippen LogP contribution is 2.22. The first kappa shape index (κ1) is 20.6. The van der Waals surface area contributed by atoms with Crippen molar-refractivity contribution in [3.8, 4) is 11.5 Å². The van der Waals surface area contributed by atoms with Crippen LogP contribution in [0.25, 0.3) is 6.08 Å². The van der Waals surface area contributed by atoms with Crippen molar-refractivity contribution in [3.63, 3.8) is 0 Å². The smallest absolute Gasteiger partial charge is 0.328 e. The monoisotopic (exact) mass is 385 g/mol. The third-order valence-electron chi connectivity index (χ3n) is 3.68. The van der Waals surface area contributed by atoms with Crippen LogP contribution in [0.15, 0.2) is 60.7 Å². The number of carbonyl (C=O) groups excluding carboxylic acids is 2. The van der Waals surface area contributed by atoms with Gasteiger partial charge in [0.05, 0.1) is 7.11 Å². The summed E-state index contributed by atoms with van der Waals surface area (Å²) in [4.78, 5) is 23.9. The Kier molecular flexibility index (Phi) is 8.45. The lowest BCUT2D eigenvalue weighted by molar-refractivity contribution is -0.144. The molecule has 0 saturated heterocycles. The van der Waals surface area contributed by atoms with Crippen LogP contribution in [-0.2, 0) is 14.3 Å². The summed E-state index contributed by atoms with van der Waals surface area (Å²) in [5.74, 6) is 1.38. The maximum atomic E-state index is 12.1. The molecule has 2 rings (SSSR count). The molecule has 0 bridgehead atoms. The van der Waals surface area contributed by atoms with Crippen molar-refractivity contribution in [1.29, 1.82) is 0 Å². The van der Waals surface area contributed by atoms with Gasteiger partial charge in [0.25, 0.3) is 0 Å². The summed E-state index contributed by atoms with van der Waals surface area (Å²) in [6, 6.07) is 16.2. The molecule has 0 radical (unpaired) electrons. The molecule has 5 nitrogen and oxygen atoms in total. The summed E-state index contributed by atoms with van der Waals surface area (Å²) in [7, 11) is 1.31. The highest BCUT2D eigenvalue weighted by atomic mass is 32.2. The zero-order valence-corrected chi connectivity index (χ0v) is 16.2. The Bertz CT molecular complexity index is 777. The Labute approximate surface area is 163 Å². The first-order valence-electron chi connectivity index (χ1n) is 8.50. The second-order valence-corrected chi connectivity index (χ2v) is 6.67. The van der Waals surface area contributed by atoms with Crippen molar-refractivity contribution in [2.75, 3.05) is 19.1 Å². The molecule has 0 unspecified atom stereocenters. The van der Waals surface area contributed by atoms with E-state index < -0.39 is 12.0 Å². The zero-order valence-electron chi connectivity index (χ0n) is 15.4. The first-order chi connectivity index (χ1) is 13.1. The molecule has 142 valence electrons. The van der Waals surface area contributed by atoms with Crippen LogP contribution >= 0.6 is 11.8 Å². The average molecular weight is 385 g/mol. The fourth-order valence-electron chi connectivity index (χ4n) is 2.32. The van der Waals surface area contributed by atoms with E-state index in [-0.39, 0.29) is 5.91 Å². The fraction of sp³-hybridized carbons (Fsp3) is 0.238. The van der Waals surface area contributed by atoms with E-state index >= 15 is 0 Å². The number of carbonyl (C=O) groups is 2. The van der Waals surface area contributed by atoms with Crippen LogP contribution in [0.3, 0.4) is 0 Å². The molecule has 0 fully saturated rings. The molecule has 0 aliphatic rings. The van der Waals surface area contributed by atoms with Gasteiger partial charge < -0.3 is 14.8 Å². The van der Waals surface area contributed by atoms with Crippen molar-refractivity contribution in [2.45, 2.75) is 12.5 Å². The van der Waals surface area contributed by atoms with Crippen LogP contribution in [0.2, 0.25) is 0 Å². The predicted molar refractivity (Wildman–Crippen MR) is 109 cm³/mol. The van der Waals surface area contributed by atoms with E-state index in [4.69, 9.17) is 9.47 Å². The van der Waals surface area contributed by atoms with Crippen LogP contribution in [0.5, 0.6) is 11.5 Å². The van der Waals surface area contributed by atoms with Crippen LogP contribution in [-0.4, -0.2) is 37.0 Å². The normalized spacial score (nSPS) is 11.8. The summed E-state index contributed by atoms with van der Waals surface area (Å²) in [6.07, 6.45) is 5.54. The fourth-order valence-corrected chi connectivity index (χ4v) is 2.80.